The fraction of sp³-hybridized carbons (Fsp3) is 0.450. The lowest BCUT2D eigenvalue weighted by Crippen LogP contribution is -2.52. The number of imidazole rings is 1. The van der Waals surface area contributed by atoms with Gasteiger partial charge in [0.15, 0.2) is 0 Å². The van der Waals surface area contributed by atoms with Gasteiger partial charge in [-0.05, 0) is 30.9 Å². The van der Waals surface area contributed by atoms with E-state index in [1.165, 1.54) is 5.56 Å². The number of amides is 2. The van der Waals surface area contributed by atoms with Crippen molar-refractivity contribution in [2.45, 2.75) is 31.2 Å². The van der Waals surface area contributed by atoms with Gasteiger partial charge in [-0.3, -0.25) is 9.59 Å². The first-order valence-corrected chi connectivity index (χ1v) is 9.45. The van der Waals surface area contributed by atoms with Crippen molar-refractivity contribution in [1.82, 2.24) is 19.8 Å². The number of carbonyl (C=O) groups excluding carboxylic acids is 2. The molecule has 2 N–H and O–H groups in total. The molecule has 0 radical (unpaired) electrons. The Labute approximate surface area is 158 Å². The Hall–Kier alpha value is -2.83. The Morgan fingerprint density at radius 1 is 1.22 bits per heavy atom. The minimum absolute atomic E-state index is 0.00207. The first kappa shape index (κ1) is 17.6. The van der Waals surface area contributed by atoms with Crippen LogP contribution >= 0.6 is 0 Å². The number of para-hydroxylation sites is 1. The maximum absolute atomic E-state index is 12.8. The quantitative estimate of drug-likeness (QED) is 0.802. The van der Waals surface area contributed by atoms with Crippen LogP contribution in [0.1, 0.15) is 35.3 Å². The van der Waals surface area contributed by atoms with Crippen LogP contribution in [0, 0.1) is 0 Å². The van der Waals surface area contributed by atoms with E-state index >= 15 is 0 Å². The van der Waals surface area contributed by atoms with E-state index in [1.54, 1.807) is 17.1 Å². The van der Waals surface area contributed by atoms with E-state index in [1.807, 2.05) is 24.1 Å². The van der Waals surface area contributed by atoms with Gasteiger partial charge in [-0.1, -0.05) is 18.2 Å². The van der Waals surface area contributed by atoms with Crippen LogP contribution < -0.4 is 10.6 Å². The van der Waals surface area contributed by atoms with Crippen molar-refractivity contribution < 1.29 is 9.59 Å². The molecule has 4 rings (SSSR count). The number of likely N-dealkylation sites (tertiary alicyclic amines) is 1. The summed E-state index contributed by atoms with van der Waals surface area (Å²) in [6.07, 6.45) is 5.95. The van der Waals surface area contributed by atoms with Gasteiger partial charge in [0.2, 0.25) is 5.91 Å². The molecule has 1 saturated heterocycles. The molecular formula is C20H25N5O2. The van der Waals surface area contributed by atoms with E-state index in [0.29, 0.717) is 31.7 Å². The number of hydrogen-bond donors (Lipinski definition) is 2. The van der Waals surface area contributed by atoms with Gasteiger partial charge in [-0.25, -0.2) is 4.98 Å². The van der Waals surface area contributed by atoms with Gasteiger partial charge in [-0.2, -0.15) is 0 Å². The molecule has 2 aliphatic rings. The predicted molar refractivity (Wildman–Crippen MR) is 102 cm³/mol. The Morgan fingerprint density at radius 2 is 2.00 bits per heavy atom. The highest BCUT2D eigenvalue weighted by Gasteiger charge is 2.39. The number of hydrogen-bond acceptors (Lipinski definition) is 4. The van der Waals surface area contributed by atoms with Gasteiger partial charge in [0.25, 0.3) is 5.91 Å². The first-order valence-electron chi connectivity index (χ1n) is 9.45. The highest BCUT2D eigenvalue weighted by atomic mass is 16.2. The number of benzene rings is 1. The summed E-state index contributed by atoms with van der Waals surface area (Å²) in [6.45, 7) is 1.89. The van der Waals surface area contributed by atoms with Crippen LogP contribution in [0.5, 0.6) is 0 Å². The van der Waals surface area contributed by atoms with Crippen LogP contribution in [-0.4, -0.2) is 51.4 Å². The molecule has 0 bridgehead atoms. The molecule has 7 nitrogen and oxygen atoms in total. The van der Waals surface area contributed by atoms with E-state index in [4.69, 9.17) is 0 Å². The lowest BCUT2D eigenvalue weighted by Gasteiger charge is -2.42. The lowest BCUT2D eigenvalue weighted by atomic mass is 9.83. The molecule has 2 aromatic rings. The normalized spacial score (nSPS) is 19.3. The van der Waals surface area contributed by atoms with Gasteiger partial charge in [0.05, 0.1) is 12.5 Å². The van der Waals surface area contributed by atoms with Gasteiger partial charge < -0.3 is 20.1 Å². The molecule has 142 valence electrons. The number of carbonyl (C=O) groups is 2. The number of aryl methyl sites for hydroxylation is 1. The molecule has 2 amide bonds. The van der Waals surface area contributed by atoms with Crippen molar-refractivity contribution in [3.05, 3.63) is 48.0 Å². The topological polar surface area (TPSA) is 79.3 Å². The molecule has 7 heteroatoms. The molecule has 1 fully saturated rings. The Balaban J connectivity index is 1.53. The van der Waals surface area contributed by atoms with Gasteiger partial charge in [0, 0.05) is 44.3 Å². The van der Waals surface area contributed by atoms with Crippen LogP contribution in [0.4, 0.5) is 5.69 Å². The standard InChI is InChI=1S/C20H25N5O2/c1-24-14-21-13-17(24)19(27)25-10-7-20(8-11-25)12-18(26)22-9-6-15-4-2-3-5-16(15)23-20/h2-5,13-14,23H,6-12H2,1H3,(H,22,26). The lowest BCUT2D eigenvalue weighted by molar-refractivity contribution is -0.122. The van der Waals surface area contributed by atoms with E-state index < -0.39 is 0 Å². The van der Waals surface area contributed by atoms with Crippen molar-refractivity contribution in [2.24, 2.45) is 7.05 Å². The number of nitrogens with one attached hydrogen (secondary N) is 2. The highest BCUT2D eigenvalue weighted by Crippen LogP contribution is 2.33. The zero-order valence-corrected chi connectivity index (χ0v) is 15.6. The monoisotopic (exact) mass is 367 g/mol. The van der Waals surface area contributed by atoms with Gasteiger partial charge in [-0.15, -0.1) is 0 Å². The van der Waals surface area contributed by atoms with Gasteiger partial charge >= 0.3 is 0 Å². The Bertz CT molecular complexity index is 852. The molecule has 1 aromatic heterocycles. The number of piperidine rings is 1. The maximum Gasteiger partial charge on any atom is 0.272 e. The second-order valence-corrected chi connectivity index (χ2v) is 7.52. The Morgan fingerprint density at radius 3 is 2.74 bits per heavy atom. The van der Waals surface area contributed by atoms with Crippen molar-refractivity contribution in [1.29, 1.82) is 0 Å². The van der Waals surface area contributed by atoms with E-state index in [0.717, 1.165) is 24.9 Å². The van der Waals surface area contributed by atoms with E-state index in [2.05, 4.69) is 27.8 Å². The number of nitrogens with zero attached hydrogens (tertiary/aromatic N) is 3. The van der Waals surface area contributed by atoms with E-state index in [-0.39, 0.29) is 17.4 Å². The molecule has 0 saturated carbocycles. The number of rotatable bonds is 1. The summed E-state index contributed by atoms with van der Waals surface area (Å²) in [5, 5.41) is 6.70. The molecular weight excluding hydrogens is 342 g/mol. The fourth-order valence-corrected chi connectivity index (χ4v) is 4.06. The van der Waals surface area contributed by atoms with Crippen LogP contribution in [0.25, 0.3) is 0 Å². The molecule has 27 heavy (non-hydrogen) atoms. The first-order chi connectivity index (χ1) is 13.1. The SMILES string of the molecule is Cn1cncc1C(=O)N1CCC2(CC1)CC(=O)NCCc1ccccc1N2. The third kappa shape index (κ3) is 3.54. The minimum Gasteiger partial charge on any atom is -0.379 e. The van der Waals surface area contributed by atoms with Crippen molar-refractivity contribution >= 4 is 17.5 Å². The third-order valence-electron chi connectivity index (χ3n) is 5.68. The molecule has 1 spiro atoms. The van der Waals surface area contributed by atoms with Crippen molar-refractivity contribution in [3.63, 3.8) is 0 Å². The van der Waals surface area contributed by atoms with Crippen LogP contribution in [0.2, 0.25) is 0 Å². The van der Waals surface area contributed by atoms with Crippen LogP contribution in [0.3, 0.4) is 0 Å². The molecule has 3 heterocycles. The fourth-order valence-electron chi connectivity index (χ4n) is 4.06. The zero-order chi connectivity index (χ0) is 18.9. The summed E-state index contributed by atoms with van der Waals surface area (Å²) in [4.78, 5) is 31.1. The second-order valence-electron chi connectivity index (χ2n) is 7.52. The third-order valence-corrected chi connectivity index (χ3v) is 5.68. The summed E-state index contributed by atoms with van der Waals surface area (Å²) in [5.74, 6) is 0.0690. The van der Waals surface area contributed by atoms with Crippen LogP contribution in [0.15, 0.2) is 36.8 Å². The minimum atomic E-state index is -0.326. The predicted octanol–water partition coefficient (Wildman–Crippen LogP) is 1.57. The number of aromatic nitrogens is 2. The summed E-state index contributed by atoms with van der Waals surface area (Å²) >= 11 is 0. The molecule has 0 aliphatic carbocycles. The average Bonchev–Trinajstić information content (AvgIpc) is 3.10. The average molecular weight is 367 g/mol. The summed E-state index contributed by atoms with van der Waals surface area (Å²) in [5.41, 5.74) is 2.58. The van der Waals surface area contributed by atoms with Crippen molar-refractivity contribution in [2.75, 3.05) is 25.0 Å². The number of fused-ring (bicyclic) bond motifs is 1. The molecule has 0 unspecified atom stereocenters. The Kier molecular flexibility index (Phi) is 4.59. The van der Waals surface area contributed by atoms with Gasteiger partial charge in [0.1, 0.15) is 5.69 Å². The molecule has 2 aliphatic heterocycles. The summed E-state index contributed by atoms with van der Waals surface area (Å²) in [6, 6.07) is 8.24. The summed E-state index contributed by atoms with van der Waals surface area (Å²) < 4.78 is 1.74. The molecule has 0 atom stereocenters. The second kappa shape index (κ2) is 7.06. The van der Waals surface area contributed by atoms with Crippen molar-refractivity contribution in [3.8, 4) is 0 Å². The van der Waals surface area contributed by atoms with E-state index in [9.17, 15) is 9.59 Å². The largest absolute Gasteiger partial charge is 0.379 e. The van der Waals surface area contributed by atoms with Crippen LogP contribution in [-0.2, 0) is 18.3 Å². The smallest absolute Gasteiger partial charge is 0.272 e. The zero-order valence-electron chi connectivity index (χ0n) is 15.6. The maximum atomic E-state index is 12.8. The highest BCUT2D eigenvalue weighted by molar-refractivity contribution is 5.92. The molecule has 1 aromatic carbocycles. The number of anilines is 1. The summed E-state index contributed by atoms with van der Waals surface area (Å²) in [7, 11) is 1.83.